The normalized spacial score (nSPS) is 14.0. The summed E-state index contributed by atoms with van der Waals surface area (Å²) in [5.41, 5.74) is 16.6. The van der Waals surface area contributed by atoms with Gasteiger partial charge in [0.25, 0.3) is 0 Å². The SMILES string of the molecule is [2H]C([2H])([2H])c1ccc(-c2ccnc(-c3cc(-c4cccc5c4nc(-c4cc6c(cc4O)C(C)(C)c4ccccc4-6)n5-c4ccccc4-c4ccccc4)cc(C(C)(C)C)c3)c2)cc1. The quantitative estimate of drug-likeness (QED) is 0.183. The highest BCUT2D eigenvalue weighted by atomic mass is 16.3. The molecule has 2 heterocycles. The van der Waals surface area contributed by atoms with Crippen LogP contribution in [0.25, 0.3) is 83.9 Å². The van der Waals surface area contributed by atoms with E-state index in [4.69, 9.17) is 14.1 Å². The molecule has 0 saturated carbocycles. The molecule has 0 unspecified atom stereocenters. The molecule has 10 rings (SSSR count). The number of rotatable bonds is 6. The van der Waals surface area contributed by atoms with Gasteiger partial charge < -0.3 is 5.11 Å². The molecule has 0 saturated heterocycles. The van der Waals surface area contributed by atoms with E-state index in [1.165, 1.54) is 11.1 Å². The van der Waals surface area contributed by atoms with Crippen LogP contribution in [0, 0.1) is 6.85 Å². The Morgan fingerprint density at radius 1 is 0.567 bits per heavy atom. The highest BCUT2D eigenvalue weighted by molar-refractivity contribution is 5.98. The molecule has 7 aromatic carbocycles. The van der Waals surface area contributed by atoms with Crippen molar-refractivity contribution in [1.82, 2.24) is 14.5 Å². The topological polar surface area (TPSA) is 50.9 Å². The molecule has 292 valence electrons. The van der Waals surface area contributed by atoms with Crippen LogP contribution in [0.3, 0.4) is 0 Å². The number of phenolic OH excluding ortho intramolecular Hbond substituents is 1. The molecule has 60 heavy (non-hydrogen) atoms. The smallest absolute Gasteiger partial charge is 0.149 e. The number of para-hydroxylation sites is 2. The van der Waals surface area contributed by atoms with E-state index in [2.05, 4.69) is 161 Å². The Labute approximate surface area is 356 Å². The van der Waals surface area contributed by atoms with E-state index in [-0.39, 0.29) is 16.6 Å². The number of aryl methyl sites for hydroxylation is 1. The fourth-order valence-electron chi connectivity index (χ4n) is 9.00. The number of fused-ring (bicyclic) bond motifs is 4. The van der Waals surface area contributed by atoms with Crippen molar-refractivity contribution in [3.63, 3.8) is 0 Å². The molecule has 0 spiro atoms. The minimum Gasteiger partial charge on any atom is -0.507 e. The predicted molar refractivity (Wildman–Crippen MR) is 249 cm³/mol. The van der Waals surface area contributed by atoms with Gasteiger partial charge in [-0.2, -0.15) is 0 Å². The molecule has 1 N–H and O–H groups in total. The number of hydrogen-bond donors (Lipinski definition) is 1. The monoisotopic (exact) mass is 780 g/mol. The van der Waals surface area contributed by atoms with Gasteiger partial charge in [0, 0.05) is 32.4 Å². The second kappa shape index (κ2) is 14.1. The summed E-state index contributed by atoms with van der Waals surface area (Å²) in [6, 6.07) is 55.6. The summed E-state index contributed by atoms with van der Waals surface area (Å²) in [5, 5.41) is 12.2. The zero-order valence-electron chi connectivity index (χ0n) is 37.5. The van der Waals surface area contributed by atoms with Crippen molar-refractivity contribution in [3.05, 3.63) is 192 Å². The Morgan fingerprint density at radius 2 is 1.28 bits per heavy atom. The molecule has 0 fully saturated rings. The first-order chi connectivity index (χ1) is 30.2. The Hall–Kier alpha value is -7.04. The lowest BCUT2D eigenvalue weighted by atomic mass is 9.82. The highest BCUT2D eigenvalue weighted by Crippen LogP contribution is 2.52. The maximum atomic E-state index is 12.2. The van der Waals surface area contributed by atoms with Crippen molar-refractivity contribution in [2.45, 2.75) is 52.3 Å². The average Bonchev–Trinajstić information content (AvgIpc) is 3.77. The first kappa shape index (κ1) is 33.9. The van der Waals surface area contributed by atoms with Crippen LogP contribution in [0.5, 0.6) is 5.75 Å². The van der Waals surface area contributed by atoms with Gasteiger partial charge in [0.2, 0.25) is 0 Å². The largest absolute Gasteiger partial charge is 0.507 e. The van der Waals surface area contributed by atoms with Crippen LogP contribution in [0.1, 0.15) is 61.0 Å². The molecule has 1 aliphatic rings. The molecule has 0 aliphatic heterocycles. The van der Waals surface area contributed by atoms with Crippen LogP contribution in [0.2, 0.25) is 0 Å². The Morgan fingerprint density at radius 3 is 2.07 bits per heavy atom. The maximum absolute atomic E-state index is 12.2. The first-order valence-electron chi connectivity index (χ1n) is 22.0. The van der Waals surface area contributed by atoms with Gasteiger partial charge in [-0.25, -0.2) is 4.98 Å². The summed E-state index contributed by atoms with van der Waals surface area (Å²) >= 11 is 0. The molecule has 0 amide bonds. The van der Waals surface area contributed by atoms with Gasteiger partial charge in [-0.1, -0.05) is 155 Å². The van der Waals surface area contributed by atoms with Crippen LogP contribution >= 0.6 is 0 Å². The predicted octanol–water partition coefficient (Wildman–Crippen LogP) is 14.4. The summed E-state index contributed by atoms with van der Waals surface area (Å²) in [7, 11) is 0. The molecule has 0 bridgehead atoms. The molecule has 0 atom stereocenters. The fraction of sp³-hybridized carbons (Fsp3) is 0.143. The Bertz CT molecular complexity index is 3230. The third kappa shape index (κ3) is 6.22. The Balaban J connectivity index is 1.20. The average molecular weight is 781 g/mol. The van der Waals surface area contributed by atoms with E-state index in [1.54, 1.807) is 12.1 Å². The van der Waals surface area contributed by atoms with Gasteiger partial charge in [-0.15, -0.1) is 0 Å². The zero-order chi connectivity index (χ0) is 43.8. The summed E-state index contributed by atoms with van der Waals surface area (Å²) < 4.78 is 25.7. The summed E-state index contributed by atoms with van der Waals surface area (Å²) in [6.45, 7) is 8.93. The highest BCUT2D eigenvalue weighted by Gasteiger charge is 2.37. The van der Waals surface area contributed by atoms with Crippen molar-refractivity contribution in [2.24, 2.45) is 0 Å². The van der Waals surface area contributed by atoms with Crippen molar-refractivity contribution in [2.75, 3.05) is 0 Å². The van der Waals surface area contributed by atoms with E-state index in [1.807, 2.05) is 36.5 Å². The molecular weight excluding hydrogens is 731 g/mol. The molecule has 0 radical (unpaired) electrons. The number of aromatic hydroxyl groups is 1. The number of pyridine rings is 1. The van der Waals surface area contributed by atoms with E-state index in [0.717, 1.165) is 78.0 Å². The maximum Gasteiger partial charge on any atom is 0.149 e. The fourth-order valence-corrected chi connectivity index (χ4v) is 9.00. The number of phenols is 1. The van der Waals surface area contributed by atoms with Crippen LogP contribution in [0.15, 0.2) is 170 Å². The van der Waals surface area contributed by atoms with Gasteiger partial charge in [0.15, 0.2) is 0 Å². The number of aromatic nitrogens is 3. The van der Waals surface area contributed by atoms with Crippen molar-refractivity contribution < 1.29 is 9.22 Å². The second-order valence-electron chi connectivity index (χ2n) is 17.5. The van der Waals surface area contributed by atoms with Crippen molar-refractivity contribution in [1.29, 1.82) is 0 Å². The second-order valence-corrected chi connectivity index (χ2v) is 17.5. The van der Waals surface area contributed by atoms with Crippen molar-refractivity contribution >= 4 is 11.0 Å². The van der Waals surface area contributed by atoms with Gasteiger partial charge in [0.1, 0.15) is 11.6 Å². The molecule has 9 aromatic rings. The van der Waals surface area contributed by atoms with Gasteiger partial charge in [-0.05, 0) is 111 Å². The first-order valence-corrected chi connectivity index (χ1v) is 20.5. The third-order valence-corrected chi connectivity index (χ3v) is 12.2. The van der Waals surface area contributed by atoms with Crippen LogP contribution in [-0.2, 0) is 10.8 Å². The number of nitrogens with zero attached hydrogens (tertiary/aromatic N) is 3. The standard InChI is InChI=1S/C56H47N3O/c1-35-23-25-36(26-24-35)38-27-28-57-49(32-38)40-29-39(30-41(31-40)55(2,3)4)43-19-14-22-51-53(43)58-54(59(51)50-21-13-11-17-42(50)37-15-8-7-9-16-37)46-33-45-44-18-10-12-20-47(44)56(5,6)48(45)34-52(46)60/h7-34,60H,1-6H3/i1D3. The zero-order valence-corrected chi connectivity index (χ0v) is 34.5. The minimum atomic E-state index is -2.17. The van der Waals surface area contributed by atoms with Crippen molar-refractivity contribution in [3.8, 4) is 78.6 Å². The third-order valence-electron chi connectivity index (χ3n) is 12.2. The summed E-state index contributed by atoms with van der Waals surface area (Å²) in [4.78, 5) is 10.4. The van der Waals surface area contributed by atoms with E-state index < -0.39 is 6.85 Å². The molecule has 2 aromatic heterocycles. The van der Waals surface area contributed by atoms with E-state index >= 15 is 0 Å². The summed E-state index contributed by atoms with van der Waals surface area (Å²) in [5.74, 6) is 0.829. The molecular formula is C56H47N3O. The Kier molecular flexibility index (Phi) is 7.94. The number of benzene rings is 7. The van der Waals surface area contributed by atoms with Gasteiger partial charge >= 0.3 is 0 Å². The number of hydrogen-bond acceptors (Lipinski definition) is 3. The number of imidazole rings is 1. The molecule has 4 heteroatoms. The van der Waals surface area contributed by atoms with Crippen LogP contribution in [0.4, 0.5) is 0 Å². The molecule has 1 aliphatic carbocycles. The minimum absolute atomic E-state index is 0.181. The van der Waals surface area contributed by atoms with Gasteiger partial charge in [0.05, 0.1) is 28.0 Å². The van der Waals surface area contributed by atoms with Gasteiger partial charge in [-0.3, -0.25) is 9.55 Å². The van der Waals surface area contributed by atoms with E-state index in [9.17, 15) is 5.11 Å². The van der Waals surface area contributed by atoms with Crippen LogP contribution in [-0.4, -0.2) is 19.6 Å². The molecule has 4 nitrogen and oxygen atoms in total. The van der Waals surface area contributed by atoms with Crippen LogP contribution < -0.4 is 0 Å². The summed E-state index contributed by atoms with van der Waals surface area (Å²) in [6.07, 6.45) is 1.81. The lowest BCUT2D eigenvalue weighted by molar-refractivity contribution is 0.474. The van der Waals surface area contributed by atoms with E-state index in [0.29, 0.717) is 17.0 Å². The lowest BCUT2D eigenvalue weighted by Gasteiger charge is -2.22. The lowest BCUT2D eigenvalue weighted by Crippen LogP contribution is -2.14.